The highest BCUT2D eigenvalue weighted by Gasteiger charge is 2.15. The molecule has 2 amide bonds. The van der Waals surface area contributed by atoms with Gasteiger partial charge in [0.15, 0.2) is 5.76 Å². The van der Waals surface area contributed by atoms with Gasteiger partial charge in [-0.2, -0.15) is 5.10 Å². The fourth-order valence-corrected chi connectivity index (χ4v) is 3.65. The molecule has 9 heteroatoms. The van der Waals surface area contributed by atoms with Crippen molar-refractivity contribution in [3.63, 3.8) is 0 Å². The first kappa shape index (κ1) is 19.6. The summed E-state index contributed by atoms with van der Waals surface area (Å²) in [5.41, 5.74) is 2.44. The number of carbonyl (C=O) groups is 2. The molecule has 0 unspecified atom stereocenters. The van der Waals surface area contributed by atoms with E-state index in [1.165, 1.54) is 28.5 Å². The number of anilines is 1. The molecular weight excluding hydrogens is 402 g/mol. The average molecular weight is 421 g/mol. The van der Waals surface area contributed by atoms with Gasteiger partial charge in [0, 0.05) is 24.2 Å². The van der Waals surface area contributed by atoms with Crippen LogP contribution >= 0.6 is 11.3 Å². The highest BCUT2D eigenvalue weighted by atomic mass is 32.1. The number of rotatable bonds is 7. The highest BCUT2D eigenvalue weighted by molar-refractivity contribution is 7.09. The van der Waals surface area contributed by atoms with Crippen LogP contribution in [0.5, 0.6) is 0 Å². The summed E-state index contributed by atoms with van der Waals surface area (Å²) < 4.78 is 6.53. The lowest BCUT2D eigenvalue weighted by Gasteiger charge is -2.15. The number of nitrogens with one attached hydrogen (secondary N) is 1. The summed E-state index contributed by atoms with van der Waals surface area (Å²) >= 11 is 1.52. The predicted molar refractivity (Wildman–Crippen MR) is 113 cm³/mol. The van der Waals surface area contributed by atoms with Crippen molar-refractivity contribution >= 4 is 28.8 Å². The summed E-state index contributed by atoms with van der Waals surface area (Å²) in [7, 11) is 1.73. The van der Waals surface area contributed by atoms with E-state index < -0.39 is 0 Å². The van der Waals surface area contributed by atoms with Crippen molar-refractivity contribution in [1.82, 2.24) is 19.7 Å². The molecular formula is C21H19N5O3S. The first-order valence-electron chi connectivity index (χ1n) is 9.19. The highest BCUT2D eigenvalue weighted by Crippen LogP contribution is 2.22. The standard InChI is InChI=1S/C21H19N5O3S/c1-25(12-19-24-17(14-30-19)15-6-3-2-4-7-15)20(27)13-26-11-16(10-22-26)23-21(28)18-8-5-9-29-18/h2-11,14H,12-13H2,1H3,(H,23,28). The molecule has 0 bridgehead atoms. The number of carbonyl (C=O) groups excluding carboxylic acids is 2. The third-order valence-electron chi connectivity index (χ3n) is 4.35. The van der Waals surface area contributed by atoms with Crippen LogP contribution in [0.25, 0.3) is 11.3 Å². The maximum absolute atomic E-state index is 12.6. The number of furan rings is 1. The third kappa shape index (κ3) is 4.64. The molecule has 0 aliphatic carbocycles. The molecule has 0 saturated carbocycles. The lowest BCUT2D eigenvalue weighted by Crippen LogP contribution is -2.29. The monoisotopic (exact) mass is 421 g/mol. The smallest absolute Gasteiger partial charge is 0.291 e. The molecule has 0 aliphatic rings. The molecule has 0 aliphatic heterocycles. The molecule has 1 N–H and O–H groups in total. The Bertz CT molecular complexity index is 1130. The van der Waals surface area contributed by atoms with Gasteiger partial charge in [0.25, 0.3) is 5.91 Å². The van der Waals surface area contributed by atoms with Crippen LogP contribution in [-0.2, 0) is 17.9 Å². The van der Waals surface area contributed by atoms with Gasteiger partial charge in [-0.05, 0) is 12.1 Å². The maximum atomic E-state index is 12.6. The summed E-state index contributed by atoms with van der Waals surface area (Å²) in [5.74, 6) is -0.281. The fraction of sp³-hybridized carbons (Fsp3) is 0.143. The topological polar surface area (TPSA) is 93.3 Å². The fourth-order valence-electron chi connectivity index (χ4n) is 2.79. The number of hydrogen-bond acceptors (Lipinski definition) is 6. The maximum Gasteiger partial charge on any atom is 0.291 e. The van der Waals surface area contributed by atoms with Gasteiger partial charge in [-0.15, -0.1) is 11.3 Å². The second-order valence-corrected chi connectivity index (χ2v) is 7.54. The Balaban J connectivity index is 1.32. The molecule has 0 fully saturated rings. The molecule has 4 rings (SSSR count). The number of hydrogen-bond donors (Lipinski definition) is 1. The quantitative estimate of drug-likeness (QED) is 0.493. The zero-order valence-corrected chi connectivity index (χ0v) is 17.0. The van der Waals surface area contributed by atoms with Gasteiger partial charge >= 0.3 is 0 Å². The second kappa shape index (κ2) is 8.75. The molecule has 30 heavy (non-hydrogen) atoms. The van der Waals surface area contributed by atoms with Crippen LogP contribution in [0.15, 0.2) is 70.9 Å². The van der Waals surface area contributed by atoms with Gasteiger partial charge in [-0.1, -0.05) is 30.3 Å². The molecule has 1 aromatic carbocycles. The molecule has 8 nitrogen and oxygen atoms in total. The minimum absolute atomic E-state index is 0.0596. The van der Waals surface area contributed by atoms with Gasteiger partial charge in [0.1, 0.15) is 11.6 Å². The van der Waals surface area contributed by atoms with Gasteiger partial charge in [0.2, 0.25) is 5.91 Å². The number of likely N-dealkylation sites (N-methyl/N-ethyl adjacent to an activating group) is 1. The van der Waals surface area contributed by atoms with Crippen LogP contribution in [-0.4, -0.2) is 38.5 Å². The third-order valence-corrected chi connectivity index (χ3v) is 5.19. The first-order chi connectivity index (χ1) is 14.6. The molecule has 0 atom stereocenters. The van der Waals surface area contributed by atoms with Crippen molar-refractivity contribution in [2.45, 2.75) is 13.1 Å². The van der Waals surface area contributed by atoms with Crippen LogP contribution < -0.4 is 5.32 Å². The van der Waals surface area contributed by atoms with Crippen molar-refractivity contribution in [1.29, 1.82) is 0 Å². The van der Waals surface area contributed by atoms with Crippen molar-refractivity contribution in [2.24, 2.45) is 0 Å². The van der Waals surface area contributed by atoms with E-state index in [0.717, 1.165) is 16.3 Å². The summed E-state index contributed by atoms with van der Waals surface area (Å²) in [5, 5.41) is 9.66. The van der Waals surface area contributed by atoms with Crippen molar-refractivity contribution < 1.29 is 14.0 Å². The molecule has 152 valence electrons. The number of aromatic nitrogens is 3. The van der Waals surface area contributed by atoms with Gasteiger partial charge in [0.05, 0.1) is 30.4 Å². The first-order valence-corrected chi connectivity index (χ1v) is 10.1. The zero-order chi connectivity index (χ0) is 20.9. The zero-order valence-electron chi connectivity index (χ0n) is 16.2. The van der Waals surface area contributed by atoms with Crippen molar-refractivity contribution in [2.75, 3.05) is 12.4 Å². The van der Waals surface area contributed by atoms with Gasteiger partial charge < -0.3 is 14.6 Å². The summed E-state index contributed by atoms with van der Waals surface area (Å²) in [6.45, 7) is 0.476. The van der Waals surface area contributed by atoms with E-state index in [4.69, 9.17) is 4.42 Å². The summed E-state index contributed by atoms with van der Waals surface area (Å²) in [6.07, 6.45) is 4.52. The van der Waals surface area contributed by atoms with Crippen LogP contribution in [0.1, 0.15) is 15.6 Å². The Morgan fingerprint density at radius 2 is 2.03 bits per heavy atom. The Labute approximate surface area is 176 Å². The minimum Gasteiger partial charge on any atom is -0.459 e. The number of nitrogens with zero attached hydrogens (tertiary/aromatic N) is 4. The Morgan fingerprint density at radius 3 is 2.80 bits per heavy atom. The SMILES string of the molecule is CN(Cc1nc(-c2ccccc2)cs1)C(=O)Cn1cc(NC(=O)c2ccco2)cn1. The normalized spacial score (nSPS) is 10.7. The van der Waals surface area contributed by atoms with Crippen LogP contribution in [0.4, 0.5) is 5.69 Å². The van der Waals surface area contributed by atoms with E-state index in [1.807, 2.05) is 35.7 Å². The predicted octanol–water partition coefficient (Wildman–Crippen LogP) is 3.51. The van der Waals surface area contributed by atoms with E-state index in [-0.39, 0.29) is 24.1 Å². The van der Waals surface area contributed by atoms with E-state index in [2.05, 4.69) is 15.4 Å². The number of benzene rings is 1. The van der Waals surface area contributed by atoms with E-state index in [1.54, 1.807) is 30.3 Å². The van der Waals surface area contributed by atoms with Crippen LogP contribution in [0.2, 0.25) is 0 Å². The molecule has 0 radical (unpaired) electrons. The van der Waals surface area contributed by atoms with E-state index >= 15 is 0 Å². The molecule has 4 aromatic rings. The Morgan fingerprint density at radius 1 is 1.20 bits per heavy atom. The second-order valence-electron chi connectivity index (χ2n) is 6.60. The molecule has 0 saturated heterocycles. The Hall–Kier alpha value is -3.72. The van der Waals surface area contributed by atoms with Crippen LogP contribution in [0.3, 0.4) is 0 Å². The van der Waals surface area contributed by atoms with Crippen LogP contribution in [0, 0.1) is 0 Å². The lowest BCUT2D eigenvalue weighted by atomic mass is 10.2. The number of thiazole rings is 1. The van der Waals surface area contributed by atoms with Crippen molar-refractivity contribution in [3.8, 4) is 11.3 Å². The lowest BCUT2D eigenvalue weighted by molar-refractivity contribution is -0.131. The largest absolute Gasteiger partial charge is 0.459 e. The van der Waals surface area contributed by atoms with E-state index in [0.29, 0.717) is 12.2 Å². The van der Waals surface area contributed by atoms with Gasteiger partial charge in [-0.25, -0.2) is 4.98 Å². The van der Waals surface area contributed by atoms with Gasteiger partial charge in [-0.3, -0.25) is 14.3 Å². The van der Waals surface area contributed by atoms with E-state index in [9.17, 15) is 9.59 Å². The minimum atomic E-state index is -0.374. The average Bonchev–Trinajstić information content (AvgIpc) is 3.51. The molecule has 0 spiro atoms. The molecule has 3 aromatic heterocycles. The number of amides is 2. The Kier molecular flexibility index (Phi) is 5.71. The molecule has 3 heterocycles. The summed E-state index contributed by atoms with van der Waals surface area (Å²) in [4.78, 5) is 30.8. The van der Waals surface area contributed by atoms with Crippen molar-refractivity contribution in [3.05, 3.63) is 77.3 Å². The summed E-state index contributed by atoms with van der Waals surface area (Å²) in [6, 6.07) is 13.1.